The summed E-state index contributed by atoms with van der Waals surface area (Å²) >= 11 is 6.04. The largest absolute Gasteiger partial charge is 0.480 e. The van der Waals surface area contributed by atoms with E-state index >= 15 is 0 Å². The van der Waals surface area contributed by atoms with E-state index in [1.807, 2.05) is 36.4 Å². The minimum atomic E-state index is 0.364. The molecule has 0 saturated heterocycles. The lowest BCUT2D eigenvalue weighted by Gasteiger charge is -2.23. The van der Waals surface area contributed by atoms with Crippen molar-refractivity contribution in [2.24, 2.45) is 0 Å². The summed E-state index contributed by atoms with van der Waals surface area (Å²) in [4.78, 5) is 4.68. The third kappa shape index (κ3) is 2.56. The highest BCUT2D eigenvalue weighted by atomic mass is 35.5. The van der Waals surface area contributed by atoms with Crippen LogP contribution < -0.4 is 4.74 Å². The molecule has 3 aromatic rings. The van der Waals surface area contributed by atoms with Crippen molar-refractivity contribution < 1.29 is 4.74 Å². The van der Waals surface area contributed by atoms with Gasteiger partial charge in [-0.05, 0) is 41.7 Å². The fourth-order valence-corrected chi connectivity index (χ4v) is 3.61. The number of fused-ring (bicyclic) bond motifs is 3. The average Bonchev–Trinajstić information content (AvgIpc) is 2.67. The van der Waals surface area contributed by atoms with E-state index in [0.717, 1.165) is 40.8 Å². The number of hydrogen-bond donors (Lipinski definition) is 0. The lowest BCUT2D eigenvalue weighted by atomic mass is 9.83. The standard InChI is InChI=1S/C21H15ClN2O/c1-25-21-18(12-23)19(14-6-9-15(22)10-7-14)17-11-8-13-4-2-3-5-16(13)20(17)24-21/h2-7,9-10H,8,11H2,1H3. The van der Waals surface area contributed by atoms with Gasteiger partial charge in [0.2, 0.25) is 5.88 Å². The summed E-state index contributed by atoms with van der Waals surface area (Å²) in [7, 11) is 1.55. The molecule has 1 aliphatic carbocycles. The maximum absolute atomic E-state index is 9.75. The maximum atomic E-state index is 9.75. The van der Waals surface area contributed by atoms with Crippen LogP contribution in [0.1, 0.15) is 16.7 Å². The number of nitrogens with zero attached hydrogens (tertiary/aromatic N) is 2. The maximum Gasteiger partial charge on any atom is 0.232 e. The van der Waals surface area contributed by atoms with E-state index in [1.165, 1.54) is 5.56 Å². The van der Waals surface area contributed by atoms with Crippen LogP contribution in [0.4, 0.5) is 0 Å². The monoisotopic (exact) mass is 346 g/mol. The summed E-state index contributed by atoms with van der Waals surface area (Å²) in [6, 6.07) is 18.1. The molecule has 0 unspecified atom stereocenters. The van der Waals surface area contributed by atoms with Crippen LogP contribution in [0.3, 0.4) is 0 Å². The van der Waals surface area contributed by atoms with Crippen molar-refractivity contribution in [3.8, 4) is 34.3 Å². The van der Waals surface area contributed by atoms with E-state index in [1.54, 1.807) is 7.11 Å². The SMILES string of the molecule is COc1nc2c(c(-c3ccc(Cl)cc3)c1C#N)CCc1ccccc1-2. The molecule has 0 aliphatic heterocycles. The lowest BCUT2D eigenvalue weighted by molar-refractivity contribution is 0.397. The highest BCUT2D eigenvalue weighted by Gasteiger charge is 2.26. The number of halogens is 1. The summed E-state index contributed by atoms with van der Waals surface area (Å²) < 4.78 is 5.44. The zero-order valence-electron chi connectivity index (χ0n) is 13.7. The van der Waals surface area contributed by atoms with Crippen LogP contribution >= 0.6 is 11.6 Å². The van der Waals surface area contributed by atoms with Crippen molar-refractivity contribution in [1.82, 2.24) is 4.98 Å². The fourth-order valence-electron chi connectivity index (χ4n) is 3.48. The number of aryl methyl sites for hydroxylation is 1. The Morgan fingerprint density at radius 1 is 1.08 bits per heavy atom. The van der Waals surface area contributed by atoms with Crippen LogP contribution in [0.15, 0.2) is 48.5 Å². The molecule has 3 nitrogen and oxygen atoms in total. The smallest absolute Gasteiger partial charge is 0.232 e. The second-order valence-corrected chi connectivity index (χ2v) is 6.41. The Morgan fingerprint density at radius 3 is 2.56 bits per heavy atom. The Morgan fingerprint density at radius 2 is 1.84 bits per heavy atom. The van der Waals surface area contributed by atoms with Gasteiger partial charge in [-0.2, -0.15) is 5.26 Å². The number of benzene rings is 2. The zero-order chi connectivity index (χ0) is 17.4. The lowest BCUT2D eigenvalue weighted by Crippen LogP contribution is -2.10. The molecule has 2 aromatic carbocycles. The van der Waals surface area contributed by atoms with E-state index in [4.69, 9.17) is 16.3 Å². The fraction of sp³-hybridized carbons (Fsp3) is 0.143. The number of aromatic nitrogens is 1. The molecule has 4 heteroatoms. The molecule has 4 rings (SSSR count). The zero-order valence-corrected chi connectivity index (χ0v) is 14.5. The molecule has 0 N–H and O–H groups in total. The summed E-state index contributed by atoms with van der Waals surface area (Å²) in [5, 5.41) is 10.4. The quantitative estimate of drug-likeness (QED) is 0.652. The second kappa shape index (κ2) is 6.23. The molecular weight excluding hydrogens is 332 g/mol. The van der Waals surface area contributed by atoms with Crippen LogP contribution in [0.25, 0.3) is 22.4 Å². The Hall–Kier alpha value is -2.83. The van der Waals surface area contributed by atoms with Gasteiger partial charge in [0.25, 0.3) is 0 Å². The molecule has 0 saturated carbocycles. The normalized spacial score (nSPS) is 12.0. The Labute approximate surface area is 151 Å². The topological polar surface area (TPSA) is 45.9 Å². The summed E-state index contributed by atoms with van der Waals surface area (Å²) in [6.07, 6.45) is 1.78. The second-order valence-electron chi connectivity index (χ2n) is 5.97. The highest BCUT2D eigenvalue weighted by molar-refractivity contribution is 6.30. The van der Waals surface area contributed by atoms with Crippen molar-refractivity contribution in [2.45, 2.75) is 12.8 Å². The minimum Gasteiger partial charge on any atom is -0.480 e. The van der Waals surface area contributed by atoms with Crippen molar-refractivity contribution in [1.29, 1.82) is 5.26 Å². The van der Waals surface area contributed by atoms with Crippen LogP contribution in [0.5, 0.6) is 5.88 Å². The molecule has 122 valence electrons. The third-order valence-electron chi connectivity index (χ3n) is 4.62. The van der Waals surface area contributed by atoms with E-state index in [2.05, 4.69) is 23.2 Å². The van der Waals surface area contributed by atoms with E-state index < -0.39 is 0 Å². The molecule has 0 fully saturated rings. The number of hydrogen-bond acceptors (Lipinski definition) is 3. The van der Waals surface area contributed by atoms with Crippen molar-refractivity contribution >= 4 is 11.6 Å². The molecular formula is C21H15ClN2O. The van der Waals surface area contributed by atoms with E-state index in [0.29, 0.717) is 16.5 Å². The van der Waals surface area contributed by atoms with Gasteiger partial charge in [-0.3, -0.25) is 0 Å². The Bertz CT molecular complexity index is 1000. The van der Waals surface area contributed by atoms with Crippen molar-refractivity contribution in [2.75, 3.05) is 7.11 Å². The van der Waals surface area contributed by atoms with Gasteiger partial charge >= 0.3 is 0 Å². The average molecular weight is 347 g/mol. The number of nitriles is 1. The van der Waals surface area contributed by atoms with Gasteiger partial charge in [-0.1, -0.05) is 48.0 Å². The van der Waals surface area contributed by atoms with Crippen molar-refractivity contribution in [3.63, 3.8) is 0 Å². The van der Waals surface area contributed by atoms with Crippen LogP contribution in [0.2, 0.25) is 5.02 Å². The van der Waals surface area contributed by atoms with Crippen LogP contribution in [-0.2, 0) is 12.8 Å². The number of rotatable bonds is 2. The van der Waals surface area contributed by atoms with Gasteiger partial charge in [0.1, 0.15) is 11.6 Å². The first kappa shape index (κ1) is 15.7. The first-order valence-corrected chi connectivity index (χ1v) is 8.46. The number of methoxy groups -OCH3 is 1. The van der Waals surface area contributed by atoms with Crippen molar-refractivity contribution in [3.05, 3.63) is 70.2 Å². The molecule has 0 atom stereocenters. The molecule has 0 bridgehead atoms. The Balaban J connectivity index is 2.07. The van der Waals surface area contributed by atoms with E-state index in [9.17, 15) is 5.26 Å². The Kier molecular flexibility index (Phi) is 3.91. The van der Waals surface area contributed by atoms with Crippen LogP contribution in [-0.4, -0.2) is 12.1 Å². The van der Waals surface area contributed by atoms with Gasteiger partial charge in [-0.15, -0.1) is 0 Å². The summed E-state index contributed by atoms with van der Waals surface area (Å²) in [6.45, 7) is 0. The summed E-state index contributed by atoms with van der Waals surface area (Å²) in [5.41, 5.74) is 6.72. The minimum absolute atomic E-state index is 0.364. The third-order valence-corrected chi connectivity index (χ3v) is 4.87. The highest BCUT2D eigenvalue weighted by Crippen LogP contribution is 2.42. The van der Waals surface area contributed by atoms with Gasteiger partial charge < -0.3 is 4.74 Å². The summed E-state index contributed by atoms with van der Waals surface area (Å²) in [5.74, 6) is 0.364. The van der Waals surface area contributed by atoms with Gasteiger partial charge in [-0.25, -0.2) is 4.98 Å². The first-order valence-electron chi connectivity index (χ1n) is 8.08. The molecule has 1 heterocycles. The van der Waals surface area contributed by atoms with Crippen LogP contribution in [0, 0.1) is 11.3 Å². The van der Waals surface area contributed by atoms with Gasteiger partial charge in [0.05, 0.1) is 12.8 Å². The van der Waals surface area contributed by atoms with Gasteiger partial charge in [0.15, 0.2) is 0 Å². The molecule has 1 aliphatic rings. The van der Waals surface area contributed by atoms with Gasteiger partial charge in [0, 0.05) is 16.1 Å². The number of pyridine rings is 1. The molecule has 25 heavy (non-hydrogen) atoms. The molecule has 0 amide bonds. The molecule has 0 radical (unpaired) electrons. The number of ether oxygens (including phenoxy) is 1. The molecule has 0 spiro atoms. The first-order chi connectivity index (χ1) is 12.2. The van der Waals surface area contributed by atoms with E-state index in [-0.39, 0.29) is 0 Å². The predicted molar refractivity (Wildman–Crippen MR) is 98.8 cm³/mol. The molecule has 1 aromatic heterocycles. The predicted octanol–water partition coefficient (Wildman–Crippen LogP) is 5.05.